The van der Waals surface area contributed by atoms with Crippen LogP contribution in [0.25, 0.3) is 0 Å². The first-order chi connectivity index (χ1) is 27.4. The van der Waals surface area contributed by atoms with Gasteiger partial charge in [0.25, 0.3) is 0 Å². The second-order valence-electron chi connectivity index (χ2n) is 19.2. The SMILES string of the molecule is CNC(CCCCNC(=O)CCC(C)C1CCC2C3CCC4CC(O)CC[C@@]4(C)C3CC[C@@]12C)C(=O)N(CCN(C)Cc1ccccc1B(O)O)c1ccccc1. The number of aliphatic hydroxyl groups is 1. The Morgan fingerprint density at radius 2 is 1.60 bits per heavy atom. The molecule has 0 spiro atoms. The van der Waals surface area contributed by atoms with E-state index in [1.165, 1.54) is 44.9 Å². The van der Waals surface area contributed by atoms with Crippen molar-refractivity contribution in [3.8, 4) is 0 Å². The zero-order valence-corrected chi connectivity index (χ0v) is 35.7. The summed E-state index contributed by atoms with van der Waals surface area (Å²) in [6, 6.07) is 16.7. The van der Waals surface area contributed by atoms with E-state index in [9.17, 15) is 24.7 Å². The van der Waals surface area contributed by atoms with E-state index in [2.05, 4.69) is 36.3 Å². The normalized spacial score (nSPS) is 30.5. The second-order valence-corrected chi connectivity index (χ2v) is 19.2. The number of amides is 2. The molecule has 0 aromatic heterocycles. The number of para-hydroxylation sites is 1. The first kappa shape index (κ1) is 43.8. The Balaban J connectivity index is 0.927. The number of likely N-dealkylation sites (N-methyl/N-ethyl adjacent to an activating group) is 2. The number of hydrogen-bond donors (Lipinski definition) is 5. The van der Waals surface area contributed by atoms with Crippen molar-refractivity contribution < 1.29 is 24.7 Å². The van der Waals surface area contributed by atoms with Crippen molar-refractivity contribution in [2.75, 3.05) is 38.6 Å². The first-order valence-electron chi connectivity index (χ1n) is 22.5. The molecule has 4 aliphatic rings. The molecule has 0 saturated heterocycles. The fraction of sp³-hybridized carbons (Fsp3) is 0.702. The van der Waals surface area contributed by atoms with Crippen LogP contribution in [-0.4, -0.2) is 84.9 Å². The minimum absolute atomic E-state index is 0.0216. The highest BCUT2D eigenvalue weighted by molar-refractivity contribution is 6.59. The molecule has 6 rings (SSSR count). The van der Waals surface area contributed by atoms with Crippen LogP contribution in [-0.2, 0) is 16.1 Å². The summed E-state index contributed by atoms with van der Waals surface area (Å²) < 4.78 is 0. The van der Waals surface area contributed by atoms with Crippen LogP contribution in [0.3, 0.4) is 0 Å². The van der Waals surface area contributed by atoms with Crippen molar-refractivity contribution in [2.45, 2.75) is 129 Å². The van der Waals surface area contributed by atoms with Gasteiger partial charge < -0.3 is 35.6 Å². The Bertz CT molecular complexity index is 1610. The summed E-state index contributed by atoms with van der Waals surface area (Å²) in [6.07, 6.45) is 14.9. The maximum atomic E-state index is 14.0. The smallest absolute Gasteiger partial charge is 0.423 e. The molecular weight excluding hydrogens is 711 g/mol. The largest absolute Gasteiger partial charge is 0.488 e. The summed E-state index contributed by atoms with van der Waals surface area (Å²) in [4.78, 5) is 31.0. The molecule has 314 valence electrons. The number of carbonyl (C=O) groups is 2. The van der Waals surface area contributed by atoms with Crippen LogP contribution in [0.4, 0.5) is 5.69 Å². The number of unbranched alkanes of at least 4 members (excludes halogenated alkanes) is 1. The van der Waals surface area contributed by atoms with Crippen LogP contribution in [0, 0.1) is 46.3 Å². The van der Waals surface area contributed by atoms with E-state index in [1.807, 2.05) is 61.5 Å². The van der Waals surface area contributed by atoms with E-state index in [0.29, 0.717) is 73.1 Å². The van der Waals surface area contributed by atoms with Gasteiger partial charge in [-0.15, -0.1) is 0 Å². The summed E-state index contributed by atoms with van der Waals surface area (Å²) in [5, 5.41) is 36.5. The standard InChI is InChI=1S/C47H73BN4O5/c1-33(39-21-22-40-38-20-19-35-31-37(53)24-26-46(35,2)41(38)25-27-47(39,40)3)18-23-44(54)50-28-12-11-17-43(49-4)45(55)52(36-14-7-6-8-15-36)30-29-51(5)32-34-13-9-10-16-42(34)48(56)57/h6-10,13-16,33,35,37-41,43,49,53,56-57H,11-12,17-32H2,1-5H3,(H,50,54)/t33?,35?,37?,38?,39?,40?,41?,43?,46-,47+/m1/s1. The Morgan fingerprint density at radius 3 is 2.35 bits per heavy atom. The van der Waals surface area contributed by atoms with Gasteiger partial charge in [0.05, 0.1) is 12.1 Å². The molecule has 4 saturated carbocycles. The molecular formula is C47H73BN4O5. The average molecular weight is 785 g/mol. The highest BCUT2D eigenvalue weighted by Crippen LogP contribution is 2.68. The predicted octanol–water partition coefficient (Wildman–Crippen LogP) is 6.14. The van der Waals surface area contributed by atoms with E-state index in [4.69, 9.17) is 0 Å². The second kappa shape index (κ2) is 19.5. The topological polar surface area (TPSA) is 125 Å². The summed E-state index contributed by atoms with van der Waals surface area (Å²) >= 11 is 0. The number of benzene rings is 2. The van der Waals surface area contributed by atoms with Crippen molar-refractivity contribution in [3.05, 3.63) is 60.2 Å². The van der Waals surface area contributed by atoms with E-state index < -0.39 is 7.12 Å². The quantitative estimate of drug-likeness (QED) is 0.0909. The van der Waals surface area contributed by atoms with Crippen molar-refractivity contribution in [1.82, 2.24) is 15.5 Å². The van der Waals surface area contributed by atoms with E-state index >= 15 is 0 Å². The summed E-state index contributed by atoms with van der Waals surface area (Å²) in [7, 11) is 2.28. The third-order valence-electron chi connectivity index (χ3n) is 15.9. The molecule has 0 bridgehead atoms. The van der Waals surface area contributed by atoms with Gasteiger partial charge in [0.15, 0.2) is 0 Å². The van der Waals surface area contributed by atoms with Gasteiger partial charge >= 0.3 is 7.12 Å². The molecule has 0 heterocycles. The Kier molecular flexibility index (Phi) is 15.0. The molecule has 0 radical (unpaired) electrons. The molecule has 5 N–H and O–H groups in total. The zero-order chi connectivity index (χ0) is 40.7. The van der Waals surface area contributed by atoms with Crippen LogP contribution in [0.15, 0.2) is 54.6 Å². The van der Waals surface area contributed by atoms with Crippen molar-refractivity contribution in [1.29, 1.82) is 0 Å². The number of nitrogens with zero attached hydrogens (tertiary/aromatic N) is 2. The summed E-state index contributed by atoms with van der Waals surface area (Å²) in [5.41, 5.74) is 2.98. The van der Waals surface area contributed by atoms with E-state index in [1.54, 1.807) is 12.1 Å². The molecule has 10 heteroatoms. The number of anilines is 1. The number of nitrogens with one attached hydrogen (secondary N) is 2. The maximum Gasteiger partial charge on any atom is 0.488 e. The first-order valence-corrected chi connectivity index (χ1v) is 22.5. The number of hydrogen-bond acceptors (Lipinski definition) is 7. The number of aliphatic hydroxyl groups excluding tert-OH is 1. The highest BCUT2D eigenvalue weighted by Gasteiger charge is 2.60. The molecule has 8 unspecified atom stereocenters. The number of carbonyl (C=O) groups excluding carboxylic acids is 2. The minimum atomic E-state index is -1.53. The molecule has 2 aromatic carbocycles. The average Bonchev–Trinajstić information content (AvgIpc) is 3.56. The van der Waals surface area contributed by atoms with Crippen molar-refractivity contribution >= 4 is 30.1 Å². The van der Waals surface area contributed by atoms with Crippen molar-refractivity contribution in [3.63, 3.8) is 0 Å². The molecule has 4 aliphatic carbocycles. The molecule has 0 aliphatic heterocycles. The van der Waals surface area contributed by atoms with Gasteiger partial charge in [-0.1, -0.05) is 63.2 Å². The number of fused-ring (bicyclic) bond motifs is 5. The lowest BCUT2D eigenvalue weighted by Crippen LogP contribution is -2.54. The summed E-state index contributed by atoms with van der Waals surface area (Å²) in [6.45, 7) is 9.83. The fourth-order valence-corrected chi connectivity index (χ4v) is 12.7. The Hall–Kier alpha value is -2.76. The lowest BCUT2D eigenvalue weighted by Gasteiger charge is -2.61. The van der Waals surface area contributed by atoms with Crippen LogP contribution >= 0.6 is 0 Å². The van der Waals surface area contributed by atoms with E-state index in [0.717, 1.165) is 61.1 Å². The molecule has 10 atom stereocenters. The third-order valence-corrected chi connectivity index (χ3v) is 15.9. The van der Waals surface area contributed by atoms with Gasteiger partial charge in [0, 0.05) is 38.3 Å². The Labute approximate surface area is 343 Å². The highest BCUT2D eigenvalue weighted by atomic mass is 16.4. The van der Waals surface area contributed by atoms with E-state index in [-0.39, 0.29) is 24.0 Å². The van der Waals surface area contributed by atoms with Gasteiger partial charge in [-0.05, 0) is 167 Å². The third kappa shape index (κ3) is 10.0. The lowest BCUT2D eigenvalue weighted by molar-refractivity contribution is -0.129. The zero-order valence-electron chi connectivity index (χ0n) is 35.7. The molecule has 9 nitrogen and oxygen atoms in total. The van der Waals surface area contributed by atoms with Gasteiger partial charge in [0.2, 0.25) is 11.8 Å². The van der Waals surface area contributed by atoms with Crippen LogP contribution < -0.4 is 21.0 Å². The van der Waals surface area contributed by atoms with Crippen LogP contribution in [0.1, 0.15) is 116 Å². The van der Waals surface area contributed by atoms with Gasteiger partial charge in [0.1, 0.15) is 0 Å². The lowest BCUT2D eigenvalue weighted by atomic mass is 9.44. The monoisotopic (exact) mass is 785 g/mol. The molecule has 4 fully saturated rings. The summed E-state index contributed by atoms with van der Waals surface area (Å²) in [5.74, 6) is 4.58. The minimum Gasteiger partial charge on any atom is -0.423 e. The van der Waals surface area contributed by atoms with Crippen LogP contribution in [0.5, 0.6) is 0 Å². The Morgan fingerprint density at radius 1 is 0.877 bits per heavy atom. The van der Waals surface area contributed by atoms with Gasteiger partial charge in [-0.2, -0.15) is 0 Å². The van der Waals surface area contributed by atoms with Crippen molar-refractivity contribution in [2.24, 2.45) is 46.3 Å². The van der Waals surface area contributed by atoms with Crippen LogP contribution in [0.2, 0.25) is 0 Å². The number of rotatable bonds is 18. The maximum absolute atomic E-state index is 14.0. The van der Waals surface area contributed by atoms with Gasteiger partial charge in [-0.3, -0.25) is 9.59 Å². The molecule has 2 amide bonds. The predicted molar refractivity (Wildman–Crippen MR) is 231 cm³/mol. The molecule has 2 aromatic rings. The van der Waals surface area contributed by atoms with Gasteiger partial charge in [-0.25, -0.2) is 0 Å². The molecule has 57 heavy (non-hydrogen) atoms. The fourth-order valence-electron chi connectivity index (χ4n) is 12.7.